The Morgan fingerprint density at radius 3 is 2.57 bits per heavy atom. The van der Waals surface area contributed by atoms with E-state index in [1.165, 1.54) is 10.8 Å². The molecule has 0 aliphatic heterocycles. The van der Waals surface area contributed by atoms with Crippen molar-refractivity contribution < 1.29 is 13.9 Å². The number of fused-ring (bicyclic) bond motifs is 2. The van der Waals surface area contributed by atoms with Crippen molar-refractivity contribution in [2.75, 3.05) is 0 Å². The van der Waals surface area contributed by atoms with E-state index < -0.39 is 5.76 Å². The number of aromatic nitrogens is 2. The molecule has 0 saturated heterocycles. The molecule has 2 aromatic heterocycles. The highest BCUT2D eigenvalue weighted by Crippen LogP contribution is 2.23. The van der Waals surface area contributed by atoms with Crippen LogP contribution >= 0.6 is 0 Å². The third kappa shape index (κ3) is 3.72. The number of rotatable bonds is 6. The van der Waals surface area contributed by atoms with E-state index in [1.54, 1.807) is 0 Å². The molecule has 6 nitrogen and oxygen atoms in total. The van der Waals surface area contributed by atoms with Gasteiger partial charge in [-0.3, -0.25) is 4.98 Å². The average molecular weight is 400 g/mol. The van der Waals surface area contributed by atoms with Crippen LogP contribution in [-0.2, 0) is 19.3 Å². The highest BCUT2D eigenvalue weighted by atomic mass is 16.4. The van der Waals surface area contributed by atoms with Gasteiger partial charge < -0.3 is 13.9 Å². The zero-order valence-corrected chi connectivity index (χ0v) is 16.2. The summed E-state index contributed by atoms with van der Waals surface area (Å²) >= 11 is 0. The van der Waals surface area contributed by atoms with E-state index in [0.29, 0.717) is 24.5 Å². The predicted molar refractivity (Wildman–Crippen MR) is 114 cm³/mol. The van der Waals surface area contributed by atoms with E-state index in [2.05, 4.69) is 40.3 Å². The van der Waals surface area contributed by atoms with Crippen molar-refractivity contribution in [2.24, 2.45) is 0 Å². The highest BCUT2D eigenvalue weighted by Gasteiger charge is 2.10. The number of H-pyrrole nitrogens is 1. The van der Waals surface area contributed by atoms with Crippen molar-refractivity contribution in [1.82, 2.24) is 9.97 Å². The van der Waals surface area contributed by atoms with E-state index in [9.17, 15) is 9.90 Å². The summed E-state index contributed by atoms with van der Waals surface area (Å²) in [7, 11) is 0. The minimum atomic E-state index is -0.634. The monoisotopic (exact) mass is 400 g/mol. The van der Waals surface area contributed by atoms with Crippen LogP contribution in [0.5, 0.6) is 5.88 Å². The van der Waals surface area contributed by atoms with E-state index in [1.807, 2.05) is 30.3 Å². The number of hydrogen-bond acceptors (Lipinski definition) is 5. The van der Waals surface area contributed by atoms with Gasteiger partial charge in [-0.1, -0.05) is 48.5 Å². The number of benzene rings is 3. The Balaban J connectivity index is 1.29. The number of oxazole rings is 2. The first-order valence-corrected chi connectivity index (χ1v) is 9.91. The van der Waals surface area contributed by atoms with Crippen molar-refractivity contribution >= 4 is 21.9 Å². The van der Waals surface area contributed by atoms with E-state index in [0.717, 1.165) is 35.1 Å². The van der Waals surface area contributed by atoms with Gasteiger partial charge in [0.1, 0.15) is 5.52 Å². The van der Waals surface area contributed by atoms with Gasteiger partial charge in [0.05, 0.1) is 0 Å². The zero-order valence-electron chi connectivity index (χ0n) is 16.2. The van der Waals surface area contributed by atoms with E-state index >= 15 is 0 Å². The third-order valence-corrected chi connectivity index (χ3v) is 5.24. The lowest BCUT2D eigenvalue weighted by molar-refractivity contribution is 0.417. The van der Waals surface area contributed by atoms with Crippen LogP contribution in [0.15, 0.2) is 74.3 Å². The fourth-order valence-corrected chi connectivity index (χ4v) is 3.75. The topological polar surface area (TPSA) is 92.3 Å². The Morgan fingerprint density at radius 2 is 1.73 bits per heavy atom. The first-order chi connectivity index (χ1) is 14.6. The number of nitrogens with zero attached hydrogens (tertiary/aromatic N) is 1. The van der Waals surface area contributed by atoms with Crippen LogP contribution in [0, 0.1) is 0 Å². The molecule has 30 heavy (non-hydrogen) atoms. The average Bonchev–Trinajstić information content (AvgIpc) is 3.29. The minimum absolute atomic E-state index is 0.190. The predicted octanol–water partition coefficient (Wildman–Crippen LogP) is 4.73. The molecule has 0 unspecified atom stereocenters. The fourth-order valence-electron chi connectivity index (χ4n) is 3.75. The summed E-state index contributed by atoms with van der Waals surface area (Å²) in [5.74, 6) is 0.160. The normalized spacial score (nSPS) is 11.5. The second-order valence-electron chi connectivity index (χ2n) is 7.41. The zero-order chi connectivity index (χ0) is 20.5. The molecule has 0 aliphatic rings. The molecule has 6 heteroatoms. The van der Waals surface area contributed by atoms with Crippen LogP contribution in [-0.4, -0.2) is 15.1 Å². The lowest BCUT2D eigenvalue weighted by atomic mass is 10.1. The summed E-state index contributed by atoms with van der Waals surface area (Å²) in [6.07, 6.45) is 2.63. The molecular formula is C24H20N2O4. The van der Waals surface area contributed by atoms with Crippen molar-refractivity contribution in [2.45, 2.75) is 25.7 Å². The summed E-state index contributed by atoms with van der Waals surface area (Å²) < 4.78 is 10.9. The molecule has 0 spiro atoms. The first-order valence-electron chi connectivity index (χ1n) is 9.91. The Morgan fingerprint density at radius 1 is 0.900 bits per heavy atom. The van der Waals surface area contributed by atoms with Gasteiger partial charge in [-0.2, -0.15) is 0 Å². The molecule has 0 fully saturated rings. The maximum absolute atomic E-state index is 11.1. The van der Waals surface area contributed by atoms with Gasteiger partial charge in [0, 0.05) is 12.8 Å². The second-order valence-corrected chi connectivity index (χ2v) is 7.41. The molecule has 150 valence electrons. The van der Waals surface area contributed by atoms with Crippen LogP contribution < -0.4 is 5.76 Å². The molecule has 0 amide bonds. The molecular weight excluding hydrogens is 380 g/mol. The van der Waals surface area contributed by atoms with E-state index in [4.69, 9.17) is 8.83 Å². The Kier molecular flexibility index (Phi) is 4.59. The summed E-state index contributed by atoms with van der Waals surface area (Å²) in [4.78, 5) is 18.0. The maximum Gasteiger partial charge on any atom is 0.419 e. The number of hydrogen-bond donors (Lipinski definition) is 2. The second kappa shape index (κ2) is 7.55. The Bertz CT molecular complexity index is 1390. The van der Waals surface area contributed by atoms with Gasteiger partial charge in [0.2, 0.25) is 5.88 Å². The molecule has 5 rings (SSSR count). The van der Waals surface area contributed by atoms with Crippen LogP contribution in [0.4, 0.5) is 0 Å². The number of aryl methyl sites for hydroxylation is 2. The van der Waals surface area contributed by atoms with Crippen LogP contribution in [0.1, 0.15) is 29.2 Å². The van der Waals surface area contributed by atoms with Crippen LogP contribution in [0.25, 0.3) is 21.9 Å². The van der Waals surface area contributed by atoms with Gasteiger partial charge in [-0.15, -0.1) is 0 Å². The highest BCUT2D eigenvalue weighted by molar-refractivity contribution is 5.83. The maximum atomic E-state index is 11.1. The minimum Gasteiger partial charge on any atom is -0.492 e. The fraction of sp³-hybridized carbons (Fsp3) is 0.167. The molecule has 2 heterocycles. The van der Waals surface area contributed by atoms with Crippen molar-refractivity contribution in [1.29, 1.82) is 0 Å². The van der Waals surface area contributed by atoms with Gasteiger partial charge in [0.15, 0.2) is 17.2 Å². The summed E-state index contributed by atoms with van der Waals surface area (Å²) in [5.41, 5.74) is 3.88. The quantitative estimate of drug-likeness (QED) is 0.430. The standard InChI is InChI=1S/C24H20N2O4/c27-23-21(30-24(28)26-23)7-3-4-15-9-11-20-19(13-15)25-22(29-20)14-16-8-10-17-5-1-2-6-18(17)12-16/h1-2,5-6,8-13,27H,3-4,7,14H2,(H,26,28). The number of aromatic amines is 1. The van der Waals surface area contributed by atoms with Crippen LogP contribution in [0.3, 0.4) is 0 Å². The molecule has 0 radical (unpaired) electrons. The van der Waals surface area contributed by atoms with E-state index in [-0.39, 0.29) is 5.88 Å². The third-order valence-electron chi connectivity index (χ3n) is 5.24. The first kappa shape index (κ1) is 18.2. The van der Waals surface area contributed by atoms with Gasteiger partial charge in [0.25, 0.3) is 0 Å². The van der Waals surface area contributed by atoms with Gasteiger partial charge in [-0.05, 0) is 46.9 Å². The number of nitrogens with one attached hydrogen (secondary N) is 1. The molecule has 5 aromatic rings. The molecule has 0 atom stereocenters. The summed E-state index contributed by atoms with van der Waals surface area (Å²) in [6.45, 7) is 0. The molecule has 3 aromatic carbocycles. The van der Waals surface area contributed by atoms with Crippen molar-refractivity contribution in [3.05, 3.63) is 94.0 Å². The van der Waals surface area contributed by atoms with Gasteiger partial charge >= 0.3 is 5.76 Å². The molecule has 0 saturated carbocycles. The Labute approximate surface area is 171 Å². The number of aromatic hydroxyl groups is 1. The SMILES string of the molecule is O=c1[nH]c(O)c(CCCc2ccc3oc(Cc4ccc5ccccc5c4)nc3c2)o1. The van der Waals surface area contributed by atoms with Crippen LogP contribution in [0.2, 0.25) is 0 Å². The van der Waals surface area contributed by atoms with Crippen molar-refractivity contribution in [3.8, 4) is 5.88 Å². The van der Waals surface area contributed by atoms with Crippen molar-refractivity contribution in [3.63, 3.8) is 0 Å². The summed E-state index contributed by atoms with van der Waals surface area (Å²) in [6, 6.07) is 20.7. The lowest BCUT2D eigenvalue weighted by Gasteiger charge is -2.01. The molecule has 0 aliphatic carbocycles. The largest absolute Gasteiger partial charge is 0.492 e. The summed E-state index contributed by atoms with van der Waals surface area (Å²) in [5, 5.41) is 12.0. The Hall–Kier alpha value is -3.80. The lowest BCUT2D eigenvalue weighted by Crippen LogP contribution is -1.93. The smallest absolute Gasteiger partial charge is 0.419 e. The molecule has 2 N–H and O–H groups in total. The molecule has 0 bridgehead atoms. The van der Waals surface area contributed by atoms with Gasteiger partial charge in [-0.25, -0.2) is 9.78 Å².